The molecule has 2 heteroatoms. The molecular weight excluding hydrogens is 244 g/mol. The van der Waals surface area contributed by atoms with Crippen LogP contribution in [0.15, 0.2) is 18.2 Å². The maximum atomic E-state index is 6.11. The standard InChI is InChI=1S/C18H30N2/c1-13-6-5-7-17(11-13)20(4)18(12-19)16-9-14(2)8-15(3)10-16/h8-10,13,17-18H,5-7,11-12,19H2,1-4H3. The molecule has 0 radical (unpaired) electrons. The molecule has 1 aliphatic carbocycles. The molecule has 2 rings (SSSR count). The van der Waals surface area contributed by atoms with Gasteiger partial charge in [0.1, 0.15) is 0 Å². The number of nitrogens with two attached hydrogens (primary N) is 1. The zero-order valence-corrected chi connectivity index (χ0v) is 13.5. The van der Waals surface area contributed by atoms with Crippen LogP contribution >= 0.6 is 0 Å². The molecule has 0 spiro atoms. The van der Waals surface area contributed by atoms with E-state index < -0.39 is 0 Å². The second-order valence-electron chi connectivity index (χ2n) is 6.76. The Morgan fingerprint density at radius 1 is 1.20 bits per heavy atom. The van der Waals surface area contributed by atoms with Crippen molar-refractivity contribution in [3.63, 3.8) is 0 Å². The molecule has 1 aromatic carbocycles. The number of nitrogens with zero attached hydrogens (tertiary/aromatic N) is 1. The van der Waals surface area contributed by atoms with Crippen LogP contribution in [-0.4, -0.2) is 24.5 Å². The van der Waals surface area contributed by atoms with Gasteiger partial charge in [-0.1, -0.05) is 49.1 Å². The highest BCUT2D eigenvalue weighted by Gasteiger charge is 2.27. The van der Waals surface area contributed by atoms with Crippen LogP contribution in [0.25, 0.3) is 0 Å². The van der Waals surface area contributed by atoms with Crippen LogP contribution < -0.4 is 5.73 Å². The quantitative estimate of drug-likeness (QED) is 0.904. The highest BCUT2D eigenvalue weighted by molar-refractivity contribution is 5.31. The SMILES string of the molecule is Cc1cc(C)cc(C(CN)N(C)C2CCCC(C)C2)c1. The van der Waals surface area contributed by atoms with Gasteiger partial charge >= 0.3 is 0 Å². The summed E-state index contributed by atoms with van der Waals surface area (Å²) in [7, 11) is 2.26. The Bertz CT molecular complexity index is 421. The smallest absolute Gasteiger partial charge is 0.0470 e. The van der Waals surface area contributed by atoms with Crippen molar-refractivity contribution in [2.45, 2.75) is 58.5 Å². The number of rotatable bonds is 4. The molecule has 112 valence electrons. The molecule has 0 saturated heterocycles. The van der Waals surface area contributed by atoms with Crippen molar-refractivity contribution >= 4 is 0 Å². The molecule has 1 aromatic rings. The Hall–Kier alpha value is -0.860. The number of likely N-dealkylation sites (N-methyl/N-ethyl adjacent to an activating group) is 1. The van der Waals surface area contributed by atoms with Crippen LogP contribution in [0.1, 0.15) is 55.3 Å². The maximum absolute atomic E-state index is 6.11. The van der Waals surface area contributed by atoms with E-state index in [1.807, 2.05) is 0 Å². The van der Waals surface area contributed by atoms with Crippen molar-refractivity contribution in [1.29, 1.82) is 0 Å². The summed E-state index contributed by atoms with van der Waals surface area (Å²) in [6, 6.07) is 7.87. The molecule has 0 aliphatic heterocycles. The van der Waals surface area contributed by atoms with E-state index >= 15 is 0 Å². The van der Waals surface area contributed by atoms with Crippen LogP contribution in [0.3, 0.4) is 0 Å². The molecule has 1 fully saturated rings. The molecule has 2 N–H and O–H groups in total. The summed E-state index contributed by atoms with van der Waals surface area (Å²) in [5.41, 5.74) is 10.2. The molecule has 3 unspecified atom stereocenters. The number of hydrogen-bond donors (Lipinski definition) is 1. The lowest BCUT2D eigenvalue weighted by Crippen LogP contribution is -2.41. The van der Waals surface area contributed by atoms with E-state index in [0.29, 0.717) is 18.6 Å². The lowest BCUT2D eigenvalue weighted by atomic mass is 9.85. The zero-order valence-electron chi connectivity index (χ0n) is 13.5. The van der Waals surface area contributed by atoms with Gasteiger partial charge in [0.25, 0.3) is 0 Å². The minimum absolute atomic E-state index is 0.351. The van der Waals surface area contributed by atoms with Crippen LogP contribution in [0, 0.1) is 19.8 Å². The molecule has 1 aliphatic rings. The fourth-order valence-electron chi connectivity index (χ4n) is 3.77. The third-order valence-electron chi connectivity index (χ3n) is 4.83. The van der Waals surface area contributed by atoms with E-state index in [2.05, 4.69) is 50.9 Å². The minimum Gasteiger partial charge on any atom is -0.329 e. The van der Waals surface area contributed by atoms with E-state index in [0.717, 1.165) is 5.92 Å². The maximum Gasteiger partial charge on any atom is 0.0470 e. The molecule has 3 atom stereocenters. The van der Waals surface area contributed by atoms with Gasteiger partial charge in [-0.05, 0) is 45.2 Å². The summed E-state index contributed by atoms with van der Waals surface area (Å²) in [6.07, 6.45) is 5.39. The molecule has 2 nitrogen and oxygen atoms in total. The number of benzene rings is 1. The van der Waals surface area contributed by atoms with Crippen LogP contribution in [-0.2, 0) is 0 Å². The van der Waals surface area contributed by atoms with Crippen molar-refractivity contribution in [2.24, 2.45) is 11.7 Å². The van der Waals surface area contributed by atoms with Gasteiger partial charge in [0, 0.05) is 18.6 Å². The number of hydrogen-bond acceptors (Lipinski definition) is 2. The van der Waals surface area contributed by atoms with E-state index in [-0.39, 0.29) is 0 Å². The van der Waals surface area contributed by atoms with E-state index in [1.54, 1.807) is 0 Å². The Balaban J connectivity index is 2.17. The lowest BCUT2D eigenvalue weighted by molar-refractivity contribution is 0.121. The first-order valence-corrected chi connectivity index (χ1v) is 8.01. The Labute approximate surface area is 124 Å². The highest BCUT2D eigenvalue weighted by Crippen LogP contribution is 2.31. The van der Waals surface area contributed by atoms with Gasteiger partial charge in [-0.25, -0.2) is 0 Å². The lowest BCUT2D eigenvalue weighted by Gasteiger charge is -2.39. The molecule has 0 amide bonds. The topological polar surface area (TPSA) is 29.3 Å². The highest BCUT2D eigenvalue weighted by atomic mass is 15.2. The predicted molar refractivity (Wildman–Crippen MR) is 86.9 cm³/mol. The number of aryl methyl sites for hydroxylation is 2. The summed E-state index contributed by atoms with van der Waals surface area (Å²) in [4.78, 5) is 2.53. The average Bonchev–Trinajstić information content (AvgIpc) is 2.38. The molecule has 20 heavy (non-hydrogen) atoms. The predicted octanol–water partition coefficient (Wildman–Crippen LogP) is 3.81. The summed E-state index contributed by atoms with van der Waals surface area (Å²) >= 11 is 0. The average molecular weight is 274 g/mol. The molecule has 0 heterocycles. The van der Waals surface area contributed by atoms with Crippen molar-refractivity contribution in [2.75, 3.05) is 13.6 Å². The normalized spacial score (nSPS) is 24.9. The van der Waals surface area contributed by atoms with E-state index in [1.165, 1.54) is 42.4 Å². The van der Waals surface area contributed by atoms with Crippen molar-refractivity contribution in [1.82, 2.24) is 4.90 Å². The molecule has 0 aromatic heterocycles. The van der Waals surface area contributed by atoms with E-state index in [9.17, 15) is 0 Å². The van der Waals surface area contributed by atoms with Gasteiger partial charge in [-0.3, -0.25) is 4.90 Å². The van der Waals surface area contributed by atoms with Crippen molar-refractivity contribution < 1.29 is 0 Å². The van der Waals surface area contributed by atoms with Gasteiger partial charge in [-0.15, -0.1) is 0 Å². The first-order chi connectivity index (χ1) is 9.51. The van der Waals surface area contributed by atoms with Gasteiger partial charge in [0.2, 0.25) is 0 Å². The fourth-order valence-corrected chi connectivity index (χ4v) is 3.77. The summed E-state index contributed by atoms with van der Waals surface area (Å²) in [5.74, 6) is 0.855. The Morgan fingerprint density at radius 2 is 1.85 bits per heavy atom. The first-order valence-electron chi connectivity index (χ1n) is 8.01. The minimum atomic E-state index is 0.351. The second kappa shape index (κ2) is 6.73. The van der Waals surface area contributed by atoms with Gasteiger partial charge < -0.3 is 5.73 Å². The van der Waals surface area contributed by atoms with Crippen molar-refractivity contribution in [3.05, 3.63) is 34.9 Å². The molecule has 0 bridgehead atoms. The van der Waals surface area contributed by atoms with Gasteiger partial charge in [0.15, 0.2) is 0 Å². The fraction of sp³-hybridized carbons (Fsp3) is 0.667. The van der Waals surface area contributed by atoms with Crippen LogP contribution in [0.4, 0.5) is 0 Å². The first kappa shape index (κ1) is 15.5. The van der Waals surface area contributed by atoms with Gasteiger partial charge in [0.05, 0.1) is 0 Å². The van der Waals surface area contributed by atoms with Crippen molar-refractivity contribution in [3.8, 4) is 0 Å². The van der Waals surface area contributed by atoms with Crippen LogP contribution in [0.2, 0.25) is 0 Å². The second-order valence-corrected chi connectivity index (χ2v) is 6.76. The Kier molecular flexibility index (Phi) is 5.22. The Morgan fingerprint density at radius 3 is 2.40 bits per heavy atom. The summed E-state index contributed by atoms with van der Waals surface area (Å²) in [5, 5.41) is 0. The molecular formula is C18H30N2. The third kappa shape index (κ3) is 3.62. The van der Waals surface area contributed by atoms with Gasteiger partial charge in [-0.2, -0.15) is 0 Å². The summed E-state index contributed by atoms with van der Waals surface area (Å²) in [6.45, 7) is 7.43. The summed E-state index contributed by atoms with van der Waals surface area (Å²) < 4.78 is 0. The monoisotopic (exact) mass is 274 g/mol. The van der Waals surface area contributed by atoms with E-state index in [4.69, 9.17) is 5.73 Å². The third-order valence-corrected chi connectivity index (χ3v) is 4.83. The largest absolute Gasteiger partial charge is 0.329 e. The molecule has 1 saturated carbocycles. The zero-order chi connectivity index (χ0) is 14.7. The van der Waals surface area contributed by atoms with Crippen LogP contribution in [0.5, 0.6) is 0 Å².